The molecule has 1 heterocycles. The summed E-state index contributed by atoms with van der Waals surface area (Å²) in [7, 11) is -3.55. The number of likely N-dealkylation sites (tertiary alicyclic amines) is 1. The quantitative estimate of drug-likeness (QED) is 0.619. The van der Waals surface area contributed by atoms with Crippen molar-refractivity contribution in [1.82, 2.24) is 9.62 Å². The van der Waals surface area contributed by atoms with Crippen LogP contribution in [0.5, 0.6) is 0 Å². The Morgan fingerprint density at radius 2 is 1.58 bits per heavy atom. The number of carbonyl (C=O) groups excluding carboxylic acids is 1. The van der Waals surface area contributed by atoms with Gasteiger partial charge in [0.25, 0.3) is 0 Å². The van der Waals surface area contributed by atoms with E-state index in [1.807, 2.05) is 18.2 Å². The Morgan fingerprint density at radius 3 is 2.26 bits per heavy atom. The molecule has 1 atom stereocenters. The van der Waals surface area contributed by atoms with E-state index in [-0.39, 0.29) is 28.8 Å². The minimum Gasteiger partial charge on any atom is -0.335 e. The number of hydrogen-bond acceptors (Lipinski definition) is 3. The minimum atomic E-state index is -3.55. The van der Waals surface area contributed by atoms with Gasteiger partial charge in [-0.2, -0.15) is 0 Å². The Morgan fingerprint density at radius 1 is 0.903 bits per heavy atom. The number of nitrogens with one attached hydrogen (secondary N) is 1. The molecule has 2 aromatic rings. The highest BCUT2D eigenvalue weighted by Gasteiger charge is 2.35. The maximum absolute atomic E-state index is 13.4. The minimum absolute atomic E-state index is 0.0160. The summed E-state index contributed by atoms with van der Waals surface area (Å²) in [6.45, 7) is 0.814. The number of nitrogens with zero attached hydrogens (tertiary/aromatic N) is 1. The van der Waals surface area contributed by atoms with Crippen LogP contribution in [0.25, 0.3) is 0 Å². The number of carbonyl (C=O) groups is 1. The predicted octanol–water partition coefficient (Wildman–Crippen LogP) is 5.04. The maximum Gasteiger partial charge on any atom is 0.240 e. The summed E-state index contributed by atoms with van der Waals surface area (Å²) >= 11 is 3.33. The first-order chi connectivity index (χ1) is 14.9. The van der Waals surface area contributed by atoms with Crippen LogP contribution in [0.4, 0.5) is 0 Å². The van der Waals surface area contributed by atoms with Crippen LogP contribution in [-0.2, 0) is 14.8 Å². The number of amides is 1. The highest BCUT2D eigenvalue weighted by molar-refractivity contribution is 9.10. The second-order valence-corrected chi connectivity index (χ2v) is 11.2. The number of benzene rings is 2. The SMILES string of the molecule is O=C([C@H]1CC[C@H](NS(=O)(=O)c2ccc(Br)cc2)CC1)N1CCCCC1c1ccccc1. The van der Waals surface area contributed by atoms with Gasteiger partial charge in [-0.3, -0.25) is 4.79 Å². The molecule has 7 heteroatoms. The third kappa shape index (κ3) is 5.38. The van der Waals surface area contributed by atoms with E-state index in [2.05, 4.69) is 37.7 Å². The van der Waals surface area contributed by atoms with E-state index in [4.69, 9.17) is 0 Å². The second-order valence-electron chi connectivity index (χ2n) is 8.58. The van der Waals surface area contributed by atoms with Crippen molar-refractivity contribution in [2.24, 2.45) is 5.92 Å². The fourth-order valence-corrected chi connectivity index (χ4v) is 6.38. The lowest BCUT2D eigenvalue weighted by Gasteiger charge is -2.39. The van der Waals surface area contributed by atoms with Crippen LogP contribution in [0.1, 0.15) is 56.6 Å². The molecule has 0 radical (unpaired) electrons. The lowest BCUT2D eigenvalue weighted by Crippen LogP contribution is -2.45. The molecule has 166 valence electrons. The molecule has 1 unspecified atom stereocenters. The first-order valence-electron chi connectivity index (χ1n) is 11.1. The van der Waals surface area contributed by atoms with Crippen LogP contribution >= 0.6 is 15.9 Å². The van der Waals surface area contributed by atoms with Gasteiger partial charge in [0.15, 0.2) is 0 Å². The zero-order valence-electron chi connectivity index (χ0n) is 17.5. The summed E-state index contributed by atoms with van der Waals surface area (Å²) in [4.78, 5) is 15.7. The fourth-order valence-electron chi connectivity index (χ4n) is 4.81. The smallest absolute Gasteiger partial charge is 0.240 e. The summed E-state index contributed by atoms with van der Waals surface area (Å²) in [5.41, 5.74) is 1.21. The Balaban J connectivity index is 1.36. The lowest BCUT2D eigenvalue weighted by atomic mass is 9.84. The first kappa shape index (κ1) is 22.5. The standard InChI is InChI=1S/C24H29BrN2O3S/c25-20-11-15-22(16-12-20)31(29,30)26-21-13-9-19(10-14-21)24(28)27-17-5-4-8-23(27)18-6-2-1-3-7-18/h1-3,6-7,11-12,15-16,19,21,23,26H,4-5,8-10,13-14,17H2/t19-,21-,23?. The van der Waals surface area contributed by atoms with E-state index in [0.717, 1.165) is 43.1 Å². The number of halogens is 1. The summed E-state index contributed by atoms with van der Waals surface area (Å²) < 4.78 is 29.0. The molecule has 1 N–H and O–H groups in total. The van der Waals surface area contributed by atoms with Crippen LogP contribution in [0.15, 0.2) is 64.0 Å². The van der Waals surface area contributed by atoms with Gasteiger partial charge in [-0.15, -0.1) is 0 Å². The molecule has 2 aliphatic rings. The number of hydrogen-bond donors (Lipinski definition) is 1. The van der Waals surface area contributed by atoms with Crippen molar-refractivity contribution in [1.29, 1.82) is 0 Å². The largest absolute Gasteiger partial charge is 0.335 e. The van der Waals surface area contributed by atoms with Gasteiger partial charge in [-0.25, -0.2) is 13.1 Å². The Labute approximate surface area is 193 Å². The molecular weight excluding hydrogens is 476 g/mol. The van der Waals surface area contributed by atoms with Crippen LogP contribution in [0.2, 0.25) is 0 Å². The molecule has 0 aromatic heterocycles. The highest BCUT2D eigenvalue weighted by atomic mass is 79.9. The molecule has 1 saturated heterocycles. The van der Waals surface area contributed by atoms with E-state index in [1.54, 1.807) is 24.3 Å². The summed E-state index contributed by atoms with van der Waals surface area (Å²) in [6, 6.07) is 17.0. The molecule has 1 aliphatic heterocycles. The summed E-state index contributed by atoms with van der Waals surface area (Å²) in [5.74, 6) is 0.223. The van der Waals surface area contributed by atoms with Crippen molar-refractivity contribution >= 4 is 31.9 Å². The maximum atomic E-state index is 13.4. The molecule has 0 bridgehead atoms. The molecule has 1 aliphatic carbocycles. The molecule has 2 fully saturated rings. The van der Waals surface area contributed by atoms with Crippen LogP contribution < -0.4 is 4.72 Å². The molecule has 0 spiro atoms. The van der Waals surface area contributed by atoms with Gasteiger partial charge in [-0.1, -0.05) is 46.3 Å². The van der Waals surface area contributed by atoms with Crippen molar-refractivity contribution < 1.29 is 13.2 Å². The van der Waals surface area contributed by atoms with E-state index < -0.39 is 10.0 Å². The van der Waals surface area contributed by atoms with E-state index >= 15 is 0 Å². The Bertz CT molecular complexity index is 987. The fraction of sp³-hybridized carbons (Fsp3) is 0.458. The second kappa shape index (κ2) is 9.84. The number of rotatable bonds is 5. The van der Waals surface area contributed by atoms with Crippen molar-refractivity contribution in [3.63, 3.8) is 0 Å². The summed E-state index contributed by atoms with van der Waals surface area (Å²) in [6.07, 6.45) is 6.05. The van der Waals surface area contributed by atoms with Gasteiger partial charge in [-0.05, 0) is 74.8 Å². The molecule has 5 nitrogen and oxygen atoms in total. The van der Waals surface area contributed by atoms with Crippen molar-refractivity contribution in [2.75, 3.05) is 6.54 Å². The molecule has 1 amide bonds. The molecule has 31 heavy (non-hydrogen) atoms. The molecule has 2 aromatic carbocycles. The summed E-state index contributed by atoms with van der Waals surface area (Å²) in [5, 5.41) is 0. The van der Waals surface area contributed by atoms with Gasteiger partial charge in [0, 0.05) is 23.0 Å². The topological polar surface area (TPSA) is 66.5 Å². The number of piperidine rings is 1. The van der Waals surface area contributed by atoms with Crippen LogP contribution in [0.3, 0.4) is 0 Å². The third-order valence-electron chi connectivity index (χ3n) is 6.49. The van der Waals surface area contributed by atoms with Crippen molar-refractivity contribution in [3.05, 3.63) is 64.6 Å². The zero-order chi connectivity index (χ0) is 21.8. The van der Waals surface area contributed by atoms with Gasteiger partial charge in [0.05, 0.1) is 10.9 Å². The van der Waals surface area contributed by atoms with E-state index in [1.165, 1.54) is 5.56 Å². The van der Waals surface area contributed by atoms with E-state index in [0.29, 0.717) is 12.8 Å². The molecule has 4 rings (SSSR count). The highest BCUT2D eigenvalue weighted by Crippen LogP contribution is 2.35. The van der Waals surface area contributed by atoms with Gasteiger partial charge >= 0.3 is 0 Å². The average molecular weight is 505 g/mol. The van der Waals surface area contributed by atoms with Crippen molar-refractivity contribution in [3.8, 4) is 0 Å². The monoisotopic (exact) mass is 504 g/mol. The number of sulfonamides is 1. The van der Waals surface area contributed by atoms with Gasteiger partial charge in [0.2, 0.25) is 15.9 Å². The normalized spacial score (nSPS) is 24.7. The third-order valence-corrected chi connectivity index (χ3v) is 8.56. The Kier molecular flexibility index (Phi) is 7.14. The van der Waals surface area contributed by atoms with Gasteiger partial charge in [0.1, 0.15) is 0 Å². The lowest BCUT2D eigenvalue weighted by molar-refractivity contribution is -0.140. The van der Waals surface area contributed by atoms with Crippen LogP contribution in [0, 0.1) is 5.92 Å². The molecule has 1 saturated carbocycles. The van der Waals surface area contributed by atoms with Crippen molar-refractivity contribution in [2.45, 2.75) is 61.9 Å². The van der Waals surface area contributed by atoms with Gasteiger partial charge < -0.3 is 4.90 Å². The molecular formula is C24H29BrN2O3S. The van der Waals surface area contributed by atoms with Crippen LogP contribution in [-0.4, -0.2) is 31.8 Å². The first-order valence-corrected chi connectivity index (χ1v) is 13.3. The van der Waals surface area contributed by atoms with E-state index in [9.17, 15) is 13.2 Å². The predicted molar refractivity (Wildman–Crippen MR) is 125 cm³/mol. The zero-order valence-corrected chi connectivity index (χ0v) is 19.9. The Hall–Kier alpha value is -1.70. The average Bonchev–Trinajstić information content (AvgIpc) is 2.80.